The van der Waals surface area contributed by atoms with Crippen molar-refractivity contribution in [1.29, 1.82) is 0 Å². The van der Waals surface area contributed by atoms with E-state index >= 15 is 0 Å². The molecule has 76 valence electrons. The van der Waals surface area contributed by atoms with Crippen molar-refractivity contribution in [2.24, 2.45) is 0 Å². The molecule has 0 spiro atoms. The van der Waals surface area contributed by atoms with Crippen LogP contribution in [0.5, 0.6) is 0 Å². The molecule has 0 atom stereocenters. The fourth-order valence-electron chi connectivity index (χ4n) is 1.54. The van der Waals surface area contributed by atoms with Crippen LogP contribution in [0.3, 0.4) is 0 Å². The van der Waals surface area contributed by atoms with Gasteiger partial charge in [0.1, 0.15) is 0 Å². The Morgan fingerprint density at radius 2 is 2.07 bits per heavy atom. The molecule has 0 amide bonds. The largest absolute Gasteiger partial charge is 0.478 e. The van der Waals surface area contributed by atoms with E-state index < -0.39 is 5.97 Å². The van der Waals surface area contributed by atoms with E-state index in [9.17, 15) is 4.79 Å². The van der Waals surface area contributed by atoms with Gasteiger partial charge in [0, 0.05) is 5.39 Å². The highest BCUT2D eigenvalue weighted by atomic mass is 35.5. The summed E-state index contributed by atoms with van der Waals surface area (Å²) in [4.78, 5) is 15.2. The van der Waals surface area contributed by atoms with Gasteiger partial charge >= 0.3 is 5.97 Å². The zero-order valence-corrected chi connectivity index (χ0v) is 8.75. The monoisotopic (exact) mass is 221 g/mol. The maximum Gasteiger partial charge on any atom is 0.339 e. The second kappa shape index (κ2) is 3.51. The van der Waals surface area contributed by atoms with Gasteiger partial charge in [-0.05, 0) is 13.0 Å². The summed E-state index contributed by atoms with van der Waals surface area (Å²) in [6, 6.07) is 7.21. The number of halogens is 1. The van der Waals surface area contributed by atoms with Crippen LogP contribution >= 0.6 is 11.6 Å². The lowest BCUT2D eigenvalue weighted by Gasteiger charge is -2.06. The molecule has 0 fully saturated rings. The molecule has 1 N–H and O–H groups in total. The van der Waals surface area contributed by atoms with Crippen LogP contribution in [0.15, 0.2) is 24.3 Å². The Kier molecular flexibility index (Phi) is 2.32. The minimum Gasteiger partial charge on any atom is -0.478 e. The van der Waals surface area contributed by atoms with Crippen molar-refractivity contribution < 1.29 is 9.90 Å². The first-order valence-corrected chi connectivity index (χ1v) is 4.77. The highest BCUT2D eigenvalue weighted by Gasteiger charge is 2.16. The third kappa shape index (κ3) is 1.55. The van der Waals surface area contributed by atoms with Gasteiger partial charge in [-0.15, -0.1) is 0 Å². The Morgan fingerprint density at radius 1 is 1.40 bits per heavy atom. The van der Waals surface area contributed by atoms with Gasteiger partial charge in [0.15, 0.2) is 0 Å². The van der Waals surface area contributed by atoms with Crippen molar-refractivity contribution in [2.75, 3.05) is 0 Å². The van der Waals surface area contributed by atoms with E-state index in [-0.39, 0.29) is 10.6 Å². The Bertz CT molecular complexity index is 552. The molecule has 3 nitrogen and oxygen atoms in total. The lowest BCUT2D eigenvalue weighted by Crippen LogP contribution is -2.03. The number of benzene rings is 1. The molecule has 0 radical (unpaired) electrons. The molecule has 0 bridgehead atoms. The van der Waals surface area contributed by atoms with Gasteiger partial charge < -0.3 is 5.11 Å². The van der Waals surface area contributed by atoms with Crippen molar-refractivity contribution in [2.45, 2.75) is 6.92 Å². The normalized spacial score (nSPS) is 10.5. The number of aromatic nitrogens is 1. The van der Waals surface area contributed by atoms with Gasteiger partial charge in [-0.1, -0.05) is 29.8 Å². The summed E-state index contributed by atoms with van der Waals surface area (Å²) in [7, 11) is 0. The standard InChI is InChI=1S/C11H8ClNO2/c1-6-9(11(14)15)10(12)7-4-2-3-5-8(7)13-6/h2-5H,1H3,(H,14,15). The molecular formula is C11H8ClNO2. The molecule has 1 heterocycles. The van der Waals surface area contributed by atoms with Crippen LogP contribution in [0.1, 0.15) is 16.1 Å². The van der Waals surface area contributed by atoms with E-state index in [1.165, 1.54) is 0 Å². The number of carboxylic acids is 1. The predicted molar refractivity (Wildman–Crippen MR) is 58.4 cm³/mol. The van der Waals surface area contributed by atoms with Crippen molar-refractivity contribution >= 4 is 28.5 Å². The molecule has 2 rings (SSSR count). The molecule has 4 heteroatoms. The van der Waals surface area contributed by atoms with Crippen LogP contribution < -0.4 is 0 Å². The lowest BCUT2D eigenvalue weighted by atomic mass is 10.1. The number of aromatic carboxylic acids is 1. The van der Waals surface area contributed by atoms with Gasteiger partial charge in [0.2, 0.25) is 0 Å². The number of hydrogen-bond acceptors (Lipinski definition) is 2. The highest BCUT2D eigenvalue weighted by Crippen LogP contribution is 2.27. The summed E-state index contributed by atoms with van der Waals surface area (Å²) in [6.45, 7) is 1.64. The van der Waals surface area contributed by atoms with E-state index in [4.69, 9.17) is 16.7 Å². The fraction of sp³-hybridized carbons (Fsp3) is 0.0909. The number of aryl methyl sites for hydroxylation is 1. The second-order valence-electron chi connectivity index (χ2n) is 3.21. The maximum atomic E-state index is 11.0. The van der Waals surface area contributed by atoms with Crippen LogP contribution in [0.2, 0.25) is 5.02 Å². The van der Waals surface area contributed by atoms with E-state index in [1.807, 2.05) is 6.07 Å². The van der Waals surface area contributed by atoms with Crippen molar-refractivity contribution in [3.8, 4) is 0 Å². The predicted octanol–water partition coefficient (Wildman–Crippen LogP) is 2.89. The molecule has 15 heavy (non-hydrogen) atoms. The average Bonchev–Trinajstić information content (AvgIpc) is 2.17. The van der Waals surface area contributed by atoms with Gasteiger partial charge in [-0.2, -0.15) is 0 Å². The molecule has 0 unspecified atom stereocenters. The first-order valence-electron chi connectivity index (χ1n) is 4.39. The molecule has 0 aliphatic carbocycles. The second-order valence-corrected chi connectivity index (χ2v) is 3.59. The van der Waals surface area contributed by atoms with E-state index in [2.05, 4.69) is 4.98 Å². The summed E-state index contributed by atoms with van der Waals surface area (Å²) < 4.78 is 0. The smallest absolute Gasteiger partial charge is 0.339 e. The molecule has 2 aromatic rings. The van der Waals surface area contributed by atoms with Crippen LogP contribution in [0.25, 0.3) is 10.9 Å². The number of para-hydroxylation sites is 1. The number of hydrogen-bond donors (Lipinski definition) is 1. The fourth-order valence-corrected chi connectivity index (χ4v) is 1.91. The first-order chi connectivity index (χ1) is 7.11. The van der Waals surface area contributed by atoms with E-state index in [0.717, 1.165) is 0 Å². The van der Waals surface area contributed by atoms with Crippen molar-refractivity contribution in [1.82, 2.24) is 4.98 Å². The van der Waals surface area contributed by atoms with E-state index in [1.54, 1.807) is 25.1 Å². The third-order valence-corrected chi connectivity index (χ3v) is 2.62. The zero-order valence-electron chi connectivity index (χ0n) is 7.99. The summed E-state index contributed by atoms with van der Waals surface area (Å²) in [6.07, 6.45) is 0. The van der Waals surface area contributed by atoms with Crippen molar-refractivity contribution in [3.05, 3.63) is 40.5 Å². The summed E-state index contributed by atoms with van der Waals surface area (Å²) in [5, 5.41) is 9.91. The maximum absolute atomic E-state index is 11.0. The minimum absolute atomic E-state index is 0.0790. The average molecular weight is 222 g/mol. The molecule has 0 saturated carbocycles. The quantitative estimate of drug-likeness (QED) is 0.806. The van der Waals surface area contributed by atoms with Gasteiger partial charge in [0.05, 0.1) is 21.8 Å². The van der Waals surface area contributed by atoms with Crippen LogP contribution in [-0.2, 0) is 0 Å². The molecular weight excluding hydrogens is 214 g/mol. The van der Waals surface area contributed by atoms with Crippen molar-refractivity contribution in [3.63, 3.8) is 0 Å². The van der Waals surface area contributed by atoms with E-state index in [0.29, 0.717) is 16.6 Å². The highest BCUT2D eigenvalue weighted by molar-refractivity contribution is 6.38. The molecule has 0 saturated heterocycles. The number of fused-ring (bicyclic) bond motifs is 1. The van der Waals surface area contributed by atoms with Crippen LogP contribution in [0, 0.1) is 6.92 Å². The van der Waals surface area contributed by atoms with Gasteiger partial charge in [-0.25, -0.2) is 4.79 Å². The zero-order chi connectivity index (χ0) is 11.0. The number of carbonyl (C=O) groups is 1. The molecule has 1 aromatic carbocycles. The van der Waals surface area contributed by atoms with Crippen LogP contribution in [-0.4, -0.2) is 16.1 Å². The molecule has 0 aliphatic heterocycles. The third-order valence-electron chi connectivity index (χ3n) is 2.22. The topological polar surface area (TPSA) is 50.2 Å². The van der Waals surface area contributed by atoms with Crippen LogP contribution in [0.4, 0.5) is 0 Å². The summed E-state index contributed by atoms with van der Waals surface area (Å²) >= 11 is 6.02. The molecule has 1 aromatic heterocycles. The Morgan fingerprint density at radius 3 is 2.73 bits per heavy atom. The lowest BCUT2D eigenvalue weighted by molar-refractivity contribution is 0.0696. The van der Waals surface area contributed by atoms with Gasteiger partial charge in [0.25, 0.3) is 0 Å². The Labute approximate surface area is 91.3 Å². The number of pyridine rings is 1. The number of carboxylic acid groups (broad SMARTS) is 1. The van der Waals surface area contributed by atoms with Gasteiger partial charge in [-0.3, -0.25) is 4.98 Å². The molecule has 0 aliphatic rings. The SMILES string of the molecule is Cc1nc2ccccc2c(Cl)c1C(=O)O. The minimum atomic E-state index is -1.05. The summed E-state index contributed by atoms with van der Waals surface area (Å²) in [5.41, 5.74) is 1.23. The summed E-state index contributed by atoms with van der Waals surface area (Å²) in [5.74, 6) is -1.05. The Hall–Kier alpha value is -1.61. The Balaban J connectivity index is 2.90. The number of rotatable bonds is 1. The number of nitrogens with zero attached hydrogens (tertiary/aromatic N) is 1. The first kappa shape index (κ1) is 9.93.